The number of methoxy groups -OCH3 is 1. The average molecular weight is 296 g/mol. The van der Waals surface area contributed by atoms with Crippen LogP contribution < -0.4 is 4.74 Å². The van der Waals surface area contributed by atoms with Crippen molar-refractivity contribution in [1.82, 2.24) is 0 Å². The summed E-state index contributed by atoms with van der Waals surface area (Å²) in [5.74, 6) is -0.0211. The molecule has 0 fully saturated rings. The zero-order chi connectivity index (χ0) is 15.7. The lowest BCUT2D eigenvalue weighted by Gasteiger charge is -2.37. The molecule has 22 heavy (non-hydrogen) atoms. The third kappa shape index (κ3) is 2.42. The summed E-state index contributed by atoms with van der Waals surface area (Å²) in [5.41, 5.74) is 2.64. The molecule has 1 heterocycles. The Hall–Kier alpha value is -2.13. The molecule has 1 aliphatic rings. The van der Waals surface area contributed by atoms with Crippen molar-refractivity contribution in [3.63, 3.8) is 0 Å². The Balaban J connectivity index is 2.05. The maximum Gasteiger partial charge on any atom is 0.244 e. The van der Waals surface area contributed by atoms with Gasteiger partial charge in [-0.05, 0) is 23.6 Å². The van der Waals surface area contributed by atoms with Crippen LogP contribution in [0.25, 0.3) is 0 Å². The molecule has 2 aromatic carbocycles. The fourth-order valence-corrected chi connectivity index (χ4v) is 2.82. The molecule has 0 radical (unpaired) electrons. The van der Waals surface area contributed by atoms with Gasteiger partial charge in [-0.2, -0.15) is 0 Å². The number of fused-ring (bicyclic) bond motifs is 1. The van der Waals surface area contributed by atoms with Crippen molar-refractivity contribution in [2.24, 2.45) is 0 Å². The van der Waals surface area contributed by atoms with Gasteiger partial charge in [0.1, 0.15) is 5.75 Å². The van der Waals surface area contributed by atoms with Crippen LogP contribution in [0.5, 0.6) is 5.75 Å². The van der Waals surface area contributed by atoms with Crippen LogP contribution in [0.2, 0.25) is 0 Å². The van der Waals surface area contributed by atoms with Crippen molar-refractivity contribution >= 4 is 5.78 Å². The number of ether oxygens (including phenoxy) is 2. The van der Waals surface area contributed by atoms with Crippen molar-refractivity contribution in [2.75, 3.05) is 7.11 Å². The molecule has 0 bridgehead atoms. The van der Waals surface area contributed by atoms with E-state index in [1.807, 2.05) is 48.5 Å². The van der Waals surface area contributed by atoms with Gasteiger partial charge >= 0.3 is 0 Å². The standard InChI is InChI=1S/C19H20O3/c1-13(2)14-9-10-18-16(11-14)17(20)12-19(21-3,22-18)15-7-5-4-6-8-15/h4-11,13H,12H2,1-3H3. The summed E-state index contributed by atoms with van der Waals surface area (Å²) in [4.78, 5) is 12.6. The van der Waals surface area contributed by atoms with E-state index in [9.17, 15) is 4.79 Å². The fourth-order valence-electron chi connectivity index (χ4n) is 2.82. The van der Waals surface area contributed by atoms with Crippen LogP contribution in [-0.4, -0.2) is 12.9 Å². The number of carbonyl (C=O) groups is 1. The first kappa shape index (κ1) is 14.8. The van der Waals surface area contributed by atoms with E-state index in [0.717, 1.165) is 11.1 Å². The first-order valence-electron chi connectivity index (χ1n) is 7.52. The van der Waals surface area contributed by atoms with Gasteiger partial charge in [-0.15, -0.1) is 0 Å². The molecule has 3 rings (SSSR count). The maximum absolute atomic E-state index is 12.6. The number of ketones is 1. The molecular weight excluding hydrogens is 276 g/mol. The molecule has 2 aromatic rings. The minimum Gasteiger partial charge on any atom is -0.457 e. The van der Waals surface area contributed by atoms with Crippen molar-refractivity contribution in [2.45, 2.75) is 32.0 Å². The number of benzene rings is 2. The molecule has 1 atom stereocenters. The van der Waals surface area contributed by atoms with Crippen LogP contribution in [0.15, 0.2) is 48.5 Å². The van der Waals surface area contributed by atoms with Gasteiger partial charge in [-0.3, -0.25) is 4.79 Å². The Labute approximate surface area is 130 Å². The SMILES string of the molecule is COC1(c2ccccc2)CC(=O)c2cc(C(C)C)ccc2O1. The largest absolute Gasteiger partial charge is 0.457 e. The Morgan fingerprint density at radius 3 is 2.50 bits per heavy atom. The van der Waals surface area contributed by atoms with Gasteiger partial charge in [0.05, 0.1) is 12.0 Å². The third-order valence-electron chi connectivity index (χ3n) is 4.18. The minimum atomic E-state index is -1.04. The Morgan fingerprint density at radius 2 is 1.86 bits per heavy atom. The summed E-state index contributed by atoms with van der Waals surface area (Å²) in [6, 6.07) is 15.4. The zero-order valence-corrected chi connectivity index (χ0v) is 13.1. The molecule has 114 valence electrons. The molecule has 0 aliphatic carbocycles. The Morgan fingerprint density at radius 1 is 1.14 bits per heavy atom. The molecule has 0 aromatic heterocycles. The van der Waals surface area contributed by atoms with Crippen molar-refractivity contribution in [3.05, 3.63) is 65.2 Å². The lowest BCUT2D eigenvalue weighted by molar-refractivity contribution is -0.173. The van der Waals surface area contributed by atoms with Gasteiger partial charge in [0, 0.05) is 12.7 Å². The van der Waals surface area contributed by atoms with E-state index in [1.165, 1.54) is 0 Å². The first-order chi connectivity index (χ1) is 10.6. The van der Waals surface area contributed by atoms with Crippen LogP contribution in [0.1, 0.15) is 47.7 Å². The molecule has 0 saturated heterocycles. The second kappa shape index (κ2) is 5.58. The number of rotatable bonds is 3. The fraction of sp³-hybridized carbons (Fsp3) is 0.316. The van der Waals surface area contributed by atoms with Gasteiger partial charge in [0.15, 0.2) is 5.78 Å². The molecule has 1 unspecified atom stereocenters. The van der Waals surface area contributed by atoms with Gasteiger partial charge in [-0.1, -0.05) is 50.2 Å². The van der Waals surface area contributed by atoms with Crippen molar-refractivity contribution in [3.8, 4) is 5.75 Å². The predicted molar refractivity (Wildman–Crippen MR) is 85.2 cm³/mol. The lowest BCUT2D eigenvalue weighted by Crippen LogP contribution is -2.41. The average Bonchev–Trinajstić information content (AvgIpc) is 2.55. The highest BCUT2D eigenvalue weighted by molar-refractivity contribution is 6.00. The number of hydrogen-bond donors (Lipinski definition) is 0. The zero-order valence-electron chi connectivity index (χ0n) is 13.1. The van der Waals surface area contributed by atoms with Crippen molar-refractivity contribution in [1.29, 1.82) is 0 Å². The minimum absolute atomic E-state index is 0.0504. The molecular formula is C19H20O3. The molecule has 1 aliphatic heterocycles. The van der Waals surface area contributed by atoms with E-state index in [0.29, 0.717) is 17.2 Å². The van der Waals surface area contributed by atoms with E-state index >= 15 is 0 Å². The lowest BCUT2D eigenvalue weighted by atomic mass is 9.90. The first-order valence-corrected chi connectivity index (χ1v) is 7.52. The van der Waals surface area contributed by atoms with Gasteiger partial charge in [-0.25, -0.2) is 0 Å². The summed E-state index contributed by atoms with van der Waals surface area (Å²) in [7, 11) is 1.58. The molecule has 3 nitrogen and oxygen atoms in total. The highest BCUT2D eigenvalue weighted by atomic mass is 16.7. The van der Waals surface area contributed by atoms with E-state index in [2.05, 4.69) is 13.8 Å². The second-order valence-electron chi connectivity index (χ2n) is 5.94. The van der Waals surface area contributed by atoms with Gasteiger partial charge in [0.25, 0.3) is 0 Å². The summed E-state index contributed by atoms with van der Waals surface area (Å²) < 4.78 is 11.7. The van der Waals surface area contributed by atoms with Crippen LogP contribution in [0.4, 0.5) is 0 Å². The number of hydrogen-bond acceptors (Lipinski definition) is 3. The maximum atomic E-state index is 12.6. The van der Waals surface area contributed by atoms with E-state index in [-0.39, 0.29) is 12.2 Å². The monoisotopic (exact) mass is 296 g/mol. The van der Waals surface area contributed by atoms with Crippen LogP contribution in [-0.2, 0) is 10.5 Å². The van der Waals surface area contributed by atoms with E-state index < -0.39 is 5.79 Å². The Bertz CT molecular complexity index is 691. The number of Topliss-reactive ketones (excluding diaryl/α,β-unsaturated/α-hetero) is 1. The molecule has 0 amide bonds. The highest BCUT2D eigenvalue weighted by Gasteiger charge is 2.42. The normalized spacial score (nSPS) is 20.6. The van der Waals surface area contributed by atoms with Gasteiger partial charge < -0.3 is 9.47 Å². The summed E-state index contributed by atoms with van der Waals surface area (Å²) in [6.45, 7) is 4.22. The van der Waals surface area contributed by atoms with Crippen LogP contribution in [0, 0.1) is 0 Å². The quantitative estimate of drug-likeness (QED) is 0.848. The number of carbonyl (C=O) groups excluding carboxylic acids is 1. The summed E-state index contributed by atoms with van der Waals surface area (Å²) >= 11 is 0. The second-order valence-corrected chi connectivity index (χ2v) is 5.94. The topological polar surface area (TPSA) is 35.5 Å². The third-order valence-corrected chi connectivity index (χ3v) is 4.18. The molecule has 0 N–H and O–H groups in total. The molecule has 3 heteroatoms. The van der Waals surface area contributed by atoms with Crippen LogP contribution >= 0.6 is 0 Å². The van der Waals surface area contributed by atoms with Gasteiger partial charge in [0.2, 0.25) is 5.79 Å². The predicted octanol–water partition coefficient (Wildman–Crippen LogP) is 4.27. The summed E-state index contributed by atoms with van der Waals surface area (Å²) in [5, 5.41) is 0. The Kier molecular flexibility index (Phi) is 3.75. The smallest absolute Gasteiger partial charge is 0.244 e. The van der Waals surface area contributed by atoms with Crippen molar-refractivity contribution < 1.29 is 14.3 Å². The van der Waals surface area contributed by atoms with E-state index in [1.54, 1.807) is 7.11 Å². The highest BCUT2D eigenvalue weighted by Crippen LogP contribution is 2.40. The molecule has 0 saturated carbocycles. The van der Waals surface area contributed by atoms with E-state index in [4.69, 9.17) is 9.47 Å². The van der Waals surface area contributed by atoms with Crippen LogP contribution in [0.3, 0.4) is 0 Å². The summed E-state index contributed by atoms with van der Waals surface area (Å²) in [6.07, 6.45) is 0.183. The molecule has 0 spiro atoms.